The van der Waals surface area contributed by atoms with Gasteiger partial charge in [0.2, 0.25) is 5.01 Å². The van der Waals surface area contributed by atoms with Crippen LogP contribution in [-0.2, 0) is 32.2 Å². The summed E-state index contributed by atoms with van der Waals surface area (Å²) < 4.78 is 95.2. The van der Waals surface area contributed by atoms with Gasteiger partial charge < -0.3 is 15.4 Å². The first-order valence-corrected chi connectivity index (χ1v) is 13.4. The molecule has 1 aromatic carbocycles. The normalized spacial score (nSPS) is 12.5. The molecule has 0 saturated heterocycles. The predicted octanol–water partition coefficient (Wildman–Crippen LogP) is 4.27. The van der Waals surface area contributed by atoms with Gasteiger partial charge >= 0.3 is 12.5 Å². The van der Waals surface area contributed by atoms with Crippen LogP contribution in [0.2, 0.25) is 0 Å². The number of carbonyl (C=O) groups is 2. The second-order valence-corrected chi connectivity index (χ2v) is 10.2. The minimum absolute atomic E-state index is 0.0223. The van der Waals surface area contributed by atoms with Gasteiger partial charge in [0, 0.05) is 31.9 Å². The molecule has 0 aliphatic rings. The van der Waals surface area contributed by atoms with Crippen molar-refractivity contribution in [3.05, 3.63) is 81.3 Å². The van der Waals surface area contributed by atoms with E-state index in [1.807, 2.05) is 0 Å². The van der Waals surface area contributed by atoms with E-state index in [-0.39, 0.29) is 48.7 Å². The third-order valence-electron chi connectivity index (χ3n) is 5.65. The Kier molecular flexibility index (Phi) is 10.1. The SMILES string of the molecule is O=C(NCc1cncc(C(F)(F)F)c1)c1cn(CC(F)CCc2nnc(C(=O)NCc3cccc(OC(F)(F)F)c3)s2)nn1. The van der Waals surface area contributed by atoms with Crippen molar-refractivity contribution in [3.8, 4) is 5.75 Å². The Hall–Kier alpha value is -4.68. The maximum atomic E-state index is 14.6. The molecule has 0 fully saturated rings. The first-order valence-electron chi connectivity index (χ1n) is 12.5. The molecule has 3 aromatic heterocycles. The predicted molar refractivity (Wildman–Crippen MR) is 138 cm³/mol. The second kappa shape index (κ2) is 13.7. The molecule has 2 N–H and O–H groups in total. The van der Waals surface area contributed by atoms with Gasteiger partial charge in [0.1, 0.15) is 16.9 Å². The summed E-state index contributed by atoms with van der Waals surface area (Å²) in [4.78, 5) is 28.2. The fourth-order valence-corrected chi connectivity index (χ4v) is 4.41. The first-order chi connectivity index (χ1) is 20.7. The van der Waals surface area contributed by atoms with E-state index < -0.39 is 41.8 Å². The highest BCUT2D eigenvalue weighted by Gasteiger charge is 2.32. The van der Waals surface area contributed by atoms with Gasteiger partial charge in [0.25, 0.3) is 11.8 Å². The fraction of sp³-hybridized carbons (Fsp3) is 0.320. The topological polar surface area (TPSA) is 137 Å². The molecule has 44 heavy (non-hydrogen) atoms. The van der Waals surface area contributed by atoms with Crippen molar-refractivity contribution in [3.63, 3.8) is 0 Å². The summed E-state index contributed by atoms with van der Waals surface area (Å²) in [6, 6.07) is 5.95. The number of rotatable bonds is 12. The fourth-order valence-electron chi connectivity index (χ4n) is 3.64. The highest BCUT2D eigenvalue weighted by molar-refractivity contribution is 7.13. The Morgan fingerprint density at radius 3 is 2.45 bits per heavy atom. The lowest BCUT2D eigenvalue weighted by molar-refractivity contribution is -0.274. The van der Waals surface area contributed by atoms with Crippen LogP contribution in [0.1, 0.15) is 48.4 Å². The third kappa shape index (κ3) is 9.68. The molecule has 0 radical (unpaired) electrons. The number of nitrogens with one attached hydrogen (secondary N) is 2. The molecule has 11 nitrogen and oxygen atoms in total. The van der Waals surface area contributed by atoms with Crippen LogP contribution in [0.3, 0.4) is 0 Å². The van der Waals surface area contributed by atoms with Gasteiger partial charge in [-0.1, -0.05) is 28.7 Å². The standard InChI is InChI=1S/C25H21F7N8O3S/c26-17(12-40-13-19(36-39-40)21(41)34-10-15-6-16(11-33-8-15)24(27,28)29)4-5-20-37-38-23(44-20)22(42)35-9-14-2-1-3-18(7-14)43-25(30,31)32/h1-3,6-8,11,13,17H,4-5,9-10,12H2,(H,34,41)(H,35,42). The van der Waals surface area contributed by atoms with Crippen LogP contribution in [-0.4, -0.2) is 54.5 Å². The number of carbonyl (C=O) groups excluding carboxylic acids is 2. The summed E-state index contributed by atoms with van der Waals surface area (Å²) in [6.45, 7) is -0.614. The zero-order chi connectivity index (χ0) is 31.9. The van der Waals surface area contributed by atoms with Crippen LogP contribution in [0.15, 0.2) is 48.9 Å². The number of nitrogens with zero attached hydrogens (tertiary/aromatic N) is 6. The van der Waals surface area contributed by atoms with Gasteiger partial charge in [0.05, 0.1) is 18.3 Å². The Bertz CT molecular complexity index is 1590. The first kappa shape index (κ1) is 32.2. The number of ether oxygens (including phenoxy) is 1. The molecule has 0 aliphatic carbocycles. The zero-order valence-corrected chi connectivity index (χ0v) is 23.0. The Balaban J connectivity index is 1.21. The van der Waals surface area contributed by atoms with Crippen LogP contribution < -0.4 is 15.4 Å². The molecule has 19 heteroatoms. The maximum absolute atomic E-state index is 14.6. The van der Waals surface area contributed by atoms with Crippen molar-refractivity contribution >= 4 is 23.2 Å². The lowest BCUT2D eigenvalue weighted by Gasteiger charge is -2.10. The zero-order valence-electron chi connectivity index (χ0n) is 22.2. The molecule has 2 amide bonds. The number of alkyl halides is 7. The number of aryl methyl sites for hydroxylation is 1. The van der Waals surface area contributed by atoms with E-state index in [9.17, 15) is 40.3 Å². The number of aromatic nitrogens is 6. The van der Waals surface area contributed by atoms with Crippen molar-refractivity contribution < 1.29 is 45.1 Å². The smallest absolute Gasteiger partial charge is 0.406 e. The summed E-state index contributed by atoms with van der Waals surface area (Å²) in [5.74, 6) is -1.78. The van der Waals surface area contributed by atoms with Crippen LogP contribution in [0.4, 0.5) is 30.7 Å². The molecule has 0 spiro atoms. The Morgan fingerprint density at radius 1 is 0.955 bits per heavy atom. The van der Waals surface area contributed by atoms with Gasteiger partial charge in [-0.25, -0.2) is 9.07 Å². The highest BCUT2D eigenvalue weighted by Crippen LogP contribution is 2.29. The summed E-state index contributed by atoms with van der Waals surface area (Å²) >= 11 is 0.920. The van der Waals surface area contributed by atoms with Crippen molar-refractivity contribution in [2.24, 2.45) is 0 Å². The molecular formula is C25H21F7N8O3S. The monoisotopic (exact) mass is 646 g/mol. The van der Waals surface area contributed by atoms with E-state index in [0.717, 1.165) is 34.2 Å². The van der Waals surface area contributed by atoms with E-state index >= 15 is 0 Å². The molecular weight excluding hydrogens is 625 g/mol. The van der Waals surface area contributed by atoms with Gasteiger partial charge in [-0.2, -0.15) is 13.2 Å². The molecule has 1 unspecified atom stereocenters. The van der Waals surface area contributed by atoms with Crippen molar-refractivity contribution in [2.75, 3.05) is 0 Å². The Labute approximate surface area is 247 Å². The molecule has 4 rings (SSSR count). The minimum atomic E-state index is -4.85. The van der Waals surface area contributed by atoms with E-state index in [1.165, 1.54) is 24.5 Å². The van der Waals surface area contributed by atoms with Crippen molar-refractivity contribution in [1.82, 2.24) is 40.8 Å². The lowest BCUT2D eigenvalue weighted by Crippen LogP contribution is -2.23. The molecule has 3 heterocycles. The number of hydrogen-bond donors (Lipinski definition) is 2. The average Bonchev–Trinajstić information content (AvgIpc) is 3.63. The molecule has 4 aromatic rings. The van der Waals surface area contributed by atoms with Crippen molar-refractivity contribution in [2.45, 2.75) is 51.2 Å². The number of hydrogen-bond acceptors (Lipinski definition) is 9. The largest absolute Gasteiger partial charge is 0.573 e. The quantitative estimate of drug-likeness (QED) is 0.218. The summed E-state index contributed by atoms with van der Waals surface area (Å²) in [6.07, 6.45) is -7.77. The number of amides is 2. The molecule has 0 bridgehead atoms. The molecule has 1 atom stereocenters. The van der Waals surface area contributed by atoms with E-state index in [1.54, 1.807) is 0 Å². The van der Waals surface area contributed by atoms with E-state index in [0.29, 0.717) is 16.8 Å². The molecule has 0 saturated carbocycles. The summed E-state index contributed by atoms with van der Waals surface area (Å²) in [5, 5.41) is 20.2. The summed E-state index contributed by atoms with van der Waals surface area (Å²) in [7, 11) is 0. The second-order valence-electron chi connectivity index (χ2n) is 9.10. The van der Waals surface area contributed by atoms with Gasteiger partial charge in [0.15, 0.2) is 5.69 Å². The number of pyridine rings is 1. The van der Waals surface area contributed by atoms with Crippen LogP contribution in [0, 0.1) is 0 Å². The highest BCUT2D eigenvalue weighted by atomic mass is 32.1. The number of halogens is 7. The average molecular weight is 647 g/mol. The van der Waals surface area contributed by atoms with Gasteiger partial charge in [-0.15, -0.1) is 28.5 Å². The van der Waals surface area contributed by atoms with Crippen LogP contribution in [0.5, 0.6) is 5.75 Å². The van der Waals surface area contributed by atoms with Gasteiger partial charge in [-0.3, -0.25) is 14.6 Å². The maximum Gasteiger partial charge on any atom is 0.573 e. The van der Waals surface area contributed by atoms with Crippen LogP contribution >= 0.6 is 11.3 Å². The van der Waals surface area contributed by atoms with Crippen molar-refractivity contribution in [1.29, 1.82) is 0 Å². The molecule has 0 aliphatic heterocycles. The Morgan fingerprint density at radius 2 is 1.70 bits per heavy atom. The summed E-state index contributed by atoms with van der Waals surface area (Å²) in [5.41, 5.74) is -0.657. The van der Waals surface area contributed by atoms with Crippen LogP contribution in [0.25, 0.3) is 0 Å². The third-order valence-corrected chi connectivity index (χ3v) is 6.63. The lowest BCUT2D eigenvalue weighted by atomic mass is 10.2. The molecule has 234 valence electrons. The minimum Gasteiger partial charge on any atom is -0.406 e. The van der Waals surface area contributed by atoms with Gasteiger partial charge in [-0.05, 0) is 35.7 Å². The number of benzene rings is 1. The van der Waals surface area contributed by atoms with E-state index in [2.05, 4.69) is 40.9 Å². The van der Waals surface area contributed by atoms with E-state index in [4.69, 9.17) is 0 Å².